The molecule has 0 aliphatic rings. The van der Waals surface area contributed by atoms with Gasteiger partial charge in [0.15, 0.2) is 6.29 Å². The van der Waals surface area contributed by atoms with E-state index >= 15 is 0 Å². The van der Waals surface area contributed by atoms with E-state index in [-0.39, 0.29) is 11.1 Å². The van der Waals surface area contributed by atoms with E-state index < -0.39 is 0 Å². The van der Waals surface area contributed by atoms with Gasteiger partial charge in [0.05, 0.1) is 11.2 Å². The minimum atomic E-state index is -0.0377. The fourth-order valence-electron chi connectivity index (χ4n) is 1.25. The van der Waals surface area contributed by atoms with Crippen molar-refractivity contribution < 1.29 is 4.79 Å². The summed E-state index contributed by atoms with van der Waals surface area (Å²) in [5, 5.41) is 0. The summed E-state index contributed by atoms with van der Waals surface area (Å²) in [7, 11) is 0. The van der Waals surface area contributed by atoms with Gasteiger partial charge in [-0.3, -0.25) is 9.79 Å². The summed E-state index contributed by atoms with van der Waals surface area (Å²) in [6.07, 6.45) is 2.51. The lowest BCUT2D eigenvalue weighted by Crippen LogP contribution is -2.26. The number of hydrogen-bond acceptors (Lipinski definition) is 5. The van der Waals surface area contributed by atoms with Gasteiger partial charge in [-0.25, -0.2) is 9.97 Å². The zero-order chi connectivity index (χ0) is 21.1. The largest absolute Gasteiger partial charge is 0.326 e. The van der Waals surface area contributed by atoms with Crippen molar-refractivity contribution in [2.45, 2.75) is 52.6 Å². The molecule has 0 unspecified atom stereocenters. The number of aromatic nitrogens is 2. The summed E-state index contributed by atoms with van der Waals surface area (Å²) in [5.74, 6) is 0. The van der Waals surface area contributed by atoms with Crippen LogP contribution in [0.2, 0.25) is 0 Å². The Bertz CT molecular complexity index is 729. The smallest absolute Gasteiger partial charge is 0.168 e. The molecule has 5 nitrogen and oxygen atoms in total. The lowest BCUT2D eigenvalue weighted by Gasteiger charge is -2.10. The molecule has 2 N–H and O–H groups in total. The molecule has 0 bridgehead atoms. The van der Waals surface area contributed by atoms with Crippen LogP contribution in [-0.2, 0) is 0 Å². The molecule has 2 aromatic rings. The van der Waals surface area contributed by atoms with Crippen molar-refractivity contribution >= 4 is 44.4 Å². The normalized spacial score (nSPS) is 11.1. The molecule has 0 fully saturated rings. The highest BCUT2D eigenvalue weighted by Gasteiger charge is 2.04. The second kappa shape index (κ2) is 12.1. The summed E-state index contributed by atoms with van der Waals surface area (Å²) in [5.41, 5.74) is 6.64. The number of pyridine rings is 2. The molecule has 148 valence electrons. The number of aliphatic imine (C=N–C) groups is 1. The minimum Gasteiger partial charge on any atom is -0.326 e. The first-order valence-electron chi connectivity index (χ1n) is 8.34. The van der Waals surface area contributed by atoms with Crippen molar-refractivity contribution in [3.63, 3.8) is 0 Å². The molecule has 0 saturated carbocycles. The van der Waals surface area contributed by atoms with Crippen molar-refractivity contribution in [1.82, 2.24) is 9.97 Å². The second-order valence-corrected chi connectivity index (χ2v) is 9.31. The second-order valence-electron chi connectivity index (χ2n) is 7.68. The van der Waals surface area contributed by atoms with Crippen LogP contribution in [-0.4, -0.2) is 33.5 Å². The van der Waals surface area contributed by atoms with E-state index in [2.05, 4.69) is 67.6 Å². The van der Waals surface area contributed by atoms with E-state index in [4.69, 9.17) is 5.73 Å². The molecule has 0 saturated heterocycles. The van der Waals surface area contributed by atoms with Gasteiger partial charge in [0.25, 0.3) is 0 Å². The summed E-state index contributed by atoms with van der Waals surface area (Å²) in [4.78, 5) is 22.5. The van der Waals surface area contributed by atoms with Gasteiger partial charge in [-0.15, -0.1) is 0 Å². The van der Waals surface area contributed by atoms with Gasteiger partial charge in [0.2, 0.25) is 0 Å². The topological polar surface area (TPSA) is 81.2 Å². The maximum absolute atomic E-state index is 10.1. The summed E-state index contributed by atoms with van der Waals surface area (Å²) < 4.78 is 1.53. The van der Waals surface area contributed by atoms with Crippen LogP contribution in [0.25, 0.3) is 0 Å². The molecule has 0 spiro atoms. The molecule has 2 rings (SSSR count). The lowest BCUT2D eigenvalue weighted by atomic mass is 10.1. The first kappa shape index (κ1) is 25.6. The molecule has 0 radical (unpaired) electrons. The Morgan fingerprint density at radius 3 is 1.63 bits per heavy atom. The number of halogens is 2. The molecule has 2 heterocycles. The van der Waals surface area contributed by atoms with Crippen LogP contribution < -0.4 is 5.73 Å². The van der Waals surface area contributed by atoms with Crippen LogP contribution in [0.15, 0.2) is 50.6 Å². The molecule has 0 aromatic carbocycles. The Hall–Kier alpha value is -1.44. The number of nitrogens with two attached hydrogens (primary N) is 1. The minimum absolute atomic E-state index is 0. The highest BCUT2D eigenvalue weighted by molar-refractivity contribution is 9.10. The van der Waals surface area contributed by atoms with Gasteiger partial charge < -0.3 is 5.73 Å². The van der Waals surface area contributed by atoms with Crippen molar-refractivity contribution in [2.75, 3.05) is 0 Å². The highest BCUT2D eigenvalue weighted by Crippen LogP contribution is 2.08. The van der Waals surface area contributed by atoms with Gasteiger partial charge >= 0.3 is 0 Å². The number of aldehydes is 1. The number of nitrogens with zero attached hydrogens (tertiary/aromatic N) is 3. The molecular weight excluding hydrogens is 472 g/mol. The molecule has 2 aromatic heterocycles. The van der Waals surface area contributed by atoms with Crippen LogP contribution in [0.5, 0.6) is 0 Å². The third-order valence-electron chi connectivity index (χ3n) is 2.18. The maximum Gasteiger partial charge on any atom is 0.168 e. The van der Waals surface area contributed by atoms with Crippen LogP contribution in [0.1, 0.15) is 57.7 Å². The van der Waals surface area contributed by atoms with Crippen molar-refractivity contribution in [1.29, 1.82) is 0 Å². The SMILES string of the molecule is CC(C)(C)N.CC(C)(C)N=Cc1cccc(Br)n1.O=Cc1cccc(Br)n1. The average molecular weight is 500 g/mol. The van der Waals surface area contributed by atoms with Gasteiger partial charge in [0, 0.05) is 11.8 Å². The lowest BCUT2D eigenvalue weighted by molar-refractivity contribution is 0.111. The van der Waals surface area contributed by atoms with Crippen LogP contribution >= 0.6 is 31.9 Å². The predicted octanol–water partition coefficient (Wildman–Crippen LogP) is 5.46. The molecule has 0 amide bonds. The maximum atomic E-state index is 10.1. The Morgan fingerprint density at radius 2 is 1.30 bits per heavy atom. The molecule has 27 heavy (non-hydrogen) atoms. The van der Waals surface area contributed by atoms with Crippen molar-refractivity contribution in [3.8, 4) is 0 Å². The highest BCUT2D eigenvalue weighted by atomic mass is 79.9. The van der Waals surface area contributed by atoms with Gasteiger partial charge in [-0.05, 0) is 97.7 Å². The van der Waals surface area contributed by atoms with Gasteiger partial charge in [-0.2, -0.15) is 0 Å². The molecule has 7 heteroatoms. The number of hydrogen-bond donors (Lipinski definition) is 1. The summed E-state index contributed by atoms with van der Waals surface area (Å²) >= 11 is 6.44. The van der Waals surface area contributed by atoms with E-state index in [0.29, 0.717) is 16.6 Å². The van der Waals surface area contributed by atoms with E-state index in [9.17, 15) is 4.79 Å². The van der Waals surface area contributed by atoms with E-state index in [0.717, 1.165) is 10.3 Å². The monoisotopic (exact) mass is 498 g/mol. The van der Waals surface area contributed by atoms with Crippen molar-refractivity contribution in [2.24, 2.45) is 10.7 Å². The standard InChI is InChI=1S/C10H13BrN2.C6H4BrNO.C4H11N/c1-10(2,3)12-7-8-5-4-6-9(11)13-8;7-6-3-1-2-5(4-9)8-6;1-4(2,3)5/h4-7H,1-3H3;1-4H;5H2,1-3H3. The fraction of sp³-hybridized carbons (Fsp3) is 0.400. The molecule has 0 aliphatic heterocycles. The van der Waals surface area contributed by atoms with E-state index in [1.54, 1.807) is 24.4 Å². The zero-order valence-corrected chi connectivity index (χ0v) is 19.9. The number of rotatable bonds is 2. The third-order valence-corrected chi connectivity index (χ3v) is 3.06. The Morgan fingerprint density at radius 1 is 0.889 bits per heavy atom. The summed E-state index contributed by atoms with van der Waals surface area (Å²) in [6.45, 7) is 12.1. The summed E-state index contributed by atoms with van der Waals surface area (Å²) in [6, 6.07) is 11.0. The zero-order valence-electron chi connectivity index (χ0n) is 16.7. The molecule has 0 aliphatic carbocycles. The average Bonchev–Trinajstić information content (AvgIpc) is 2.51. The first-order chi connectivity index (χ1) is 12.3. The van der Waals surface area contributed by atoms with Gasteiger partial charge in [-0.1, -0.05) is 12.1 Å². The third kappa shape index (κ3) is 17.7. The quantitative estimate of drug-likeness (QED) is 0.337. The van der Waals surface area contributed by atoms with Crippen molar-refractivity contribution in [3.05, 3.63) is 57.0 Å². The Labute approximate surface area is 179 Å². The number of carbonyl (C=O) groups excluding carboxylic acids is 1. The fourth-order valence-corrected chi connectivity index (χ4v) is 1.96. The van der Waals surface area contributed by atoms with E-state index in [1.165, 1.54) is 0 Å². The molecule has 0 atom stereocenters. The van der Waals surface area contributed by atoms with Crippen LogP contribution in [0.3, 0.4) is 0 Å². The van der Waals surface area contributed by atoms with Crippen LogP contribution in [0.4, 0.5) is 0 Å². The molecular formula is C20H28Br2N4O. The van der Waals surface area contributed by atoms with Gasteiger partial charge in [0.1, 0.15) is 14.9 Å². The van der Waals surface area contributed by atoms with E-state index in [1.807, 2.05) is 39.0 Å². The Kier molecular flexibility index (Phi) is 11.5. The first-order valence-corrected chi connectivity index (χ1v) is 9.93. The van der Waals surface area contributed by atoms with Crippen LogP contribution in [0, 0.1) is 0 Å². The number of carbonyl (C=O) groups is 1. The Balaban J connectivity index is 0.000000419. The predicted molar refractivity (Wildman–Crippen MR) is 121 cm³/mol.